The monoisotopic (exact) mass is 402 g/mol. The predicted octanol–water partition coefficient (Wildman–Crippen LogP) is 3.60. The van der Waals surface area contributed by atoms with Gasteiger partial charge in [-0.2, -0.15) is 13.2 Å². The number of benzene rings is 2. The summed E-state index contributed by atoms with van der Waals surface area (Å²) in [4.78, 5) is -2.51. The summed E-state index contributed by atoms with van der Waals surface area (Å²) in [5.41, 5.74) is -1.59. The highest BCUT2D eigenvalue weighted by atomic mass is 35.7. The fourth-order valence-corrected chi connectivity index (χ4v) is 4.31. The normalized spacial score (nSPS) is 13.0. The van der Waals surface area contributed by atoms with Crippen molar-refractivity contribution in [3.63, 3.8) is 0 Å². The largest absolute Gasteiger partial charge is 0.417 e. The van der Waals surface area contributed by atoms with E-state index >= 15 is 0 Å². The first-order valence-corrected chi connectivity index (χ1v) is 9.79. The van der Waals surface area contributed by atoms with Gasteiger partial charge in [-0.15, -0.1) is 0 Å². The van der Waals surface area contributed by atoms with E-state index in [0.717, 1.165) is 24.3 Å². The van der Waals surface area contributed by atoms with E-state index in [2.05, 4.69) is 0 Å². The lowest BCUT2D eigenvalue weighted by Gasteiger charge is -2.12. The summed E-state index contributed by atoms with van der Waals surface area (Å²) in [5, 5.41) is 0. The van der Waals surface area contributed by atoms with Gasteiger partial charge in [-0.25, -0.2) is 21.2 Å². The Labute approximate surface area is 139 Å². The molecule has 0 aliphatic carbocycles. The Balaban J connectivity index is 2.71. The van der Waals surface area contributed by atoms with Crippen molar-refractivity contribution in [2.75, 3.05) is 0 Å². The van der Waals surface area contributed by atoms with Gasteiger partial charge in [0.1, 0.15) is 5.82 Å². The molecule has 0 heterocycles. The number of halogens is 5. The lowest BCUT2D eigenvalue weighted by molar-refractivity contribution is -0.139. The van der Waals surface area contributed by atoms with E-state index < -0.39 is 51.1 Å². The highest BCUT2D eigenvalue weighted by Gasteiger charge is 2.37. The van der Waals surface area contributed by atoms with Gasteiger partial charge < -0.3 is 0 Å². The molecule has 2 aromatic carbocycles. The maximum absolute atomic E-state index is 12.9. The number of rotatable bonds is 3. The van der Waals surface area contributed by atoms with Gasteiger partial charge >= 0.3 is 6.18 Å². The van der Waals surface area contributed by atoms with Crippen LogP contribution < -0.4 is 0 Å². The molecular weight excluding hydrogens is 396 g/mol. The number of alkyl halides is 3. The molecule has 0 fully saturated rings. The van der Waals surface area contributed by atoms with Crippen LogP contribution in [0.4, 0.5) is 17.6 Å². The van der Waals surface area contributed by atoms with E-state index in [4.69, 9.17) is 10.7 Å². The van der Waals surface area contributed by atoms with Crippen LogP contribution in [0.3, 0.4) is 0 Å². The van der Waals surface area contributed by atoms with Gasteiger partial charge in [0, 0.05) is 10.7 Å². The summed E-state index contributed by atoms with van der Waals surface area (Å²) < 4.78 is 98.9. The Morgan fingerprint density at radius 3 is 1.79 bits per heavy atom. The fourth-order valence-electron chi connectivity index (χ4n) is 1.86. The molecule has 0 aliphatic heterocycles. The van der Waals surface area contributed by atoms with E-state index in [1.54, 1.807) is 0 Å². The second-order valence-corrected chi connectivity index (χ2v) is 9.03. The van der Waals surface area contributed by atoms with Crippen LogP contribution in [0.5, 0.6) is 0 Å². The van der Waals surface area contributed by atoms with Crippen LogP contribution in [0.2, 0.25) is 0 Å². The standard InChI is InChI=1S/C13H7ClF4O4S2/c14-24(21,22)12-7-10(5-6-11(12)13(16,17)18)23(19,20)9-3-1-8(15)2-4-9/h1-7H. The van der Waals surface area contributed by atoms with Crippen molar-refractivity contribution >= 4 is 29.6 Å². The molecule has 0 bridgehead atoms. The quantitative estimate of drug-likeness (QED) is 0.447. The molecule has 0 saturated carbocycles. The van der Waals surface area contributed by atoms with E-state index in [1.807, 2.05) is 0 Å². The third-order valence-electron chi connectivity index (χ3n) is 2.96. The average molecular weight is 403 g/mol. The summed E-state index contributed by atoms with van der Waals surface area (Å²) in [6.45, 7) is 0. The minimum Gasteiger partial charge on any atom is -0.219 e. The third-order valence-corrected chi connectivity index (χ3v) is 6.08. The molecule has 2 aromatic rings. The van der Waals surface area contributed by atoms with E-state index in [0.29, 0.717) is 18.2 Å². The predicted molar refractivity (Wildman–Crippen MR) is 76.3 cm³/mol. The van der Waals surface area contributed by atoms with Gasteiger partial charge in [0.2, 0.25) is 9.84 Å². The molecule has 24 heavy (non-hydrogen) atoms. The van der Waals surface area contributed by atoms with Gasteiger partial charge in [-0.1, -0.05) is 0 Å². The summed E-state index contributed by atoms with van der Waals surface area (Å²) in [7, 11) is -4.23. The molecule has 0 radical (unpaired) electrons. The molecule has 0 saturated heterocycles. The zero-order chi connectivity index (χ0) is 18.3. The van der Waals surface area contributed by atoms with Crippen molar-refractivity contribution < 1.29 is 34.4 Å². The van der Waals surface area contributed by atoms with Gasteiger partial charge in [-0.05, 0) is 42.5 Å². The summed E-state index contributed by atoms with van der Waals surface area (Å²) >= 11 is 0. The highest BCUT2D eigenvalue weighted by Crippen LogP contribution is 2.37. The van der Waals surface area contributed by atoms with Crippen LogP contribution >= 0.6 is 10.7 Å². The maximum atomic E-state index is 12.9. The molecule has 130 valence electrons. The summed E-state index contributed by atoms with van der Waals surface area (Å²) in [6, 6.07) is 4.73. The number of hydrogen-bond acceptors (Lipinski definition) is 4. The zero-order valence-corrected chi connectivity index (χ0v) is 13.8. The number of sulfone groups is 1. The second-order valence-electron chi connectivity index (χ2n) is 4.55. The second kappa shape index (κ2) is 6.01. The van der Waals surface area contributed by atoms with Gasteiger partial charge in [0.05, 0.1) is 20.2 Å². The van der Waals surface area contributed by atoms with Crippen molar-refractivity contribution in [2.24, 2.45) is 0 Å². The molecule has 0 aliphatic rings. The Hall–Kier alpha value is -1.65. The molecule has 11 heteroatoms. The average Bonchev–Trinajstić information content (AvgIpc) is 2.45. The molecule has 0 unspecified atom stereocenters. The van der Waals surface area contributed by atoms with Crippen LogP contribution in [-0.4, -0.2) is 16.8 Å². The molecule has 0 N–H and O–H groups in total. The van der Waals surface area contributed by atoms with E-state index in [-0.39, 0.29) is 0 Å². The highest BCUT2D eigenvalue weighted by molar-refractivity contribution is 8.13. The zero-order valence-electron chi connectivity index (χ0n) is 11.4. The van der Waals surface area contributed by atoms with Crippen molar-refractivity contribution in [3.05, 3.63) is 53.8 Å². The van der Waals surface area contributed by atoms with Crippen LogP contribution in [0, 0.1) is 5.82 Å². The van der Waals surface area contributed by atoms with Gasteiger partial charge in [0.15, 0.2) is 0 Å². The Morgan fingerprint density at radius 1 is 0.833 bits per heavy atom. The van der Waals surface area contributed by atoms with Gasteiger partial charge in [-0.3, -0.25) is 0 Å². The fraction of sp³-hybridized carbons (Fsp3) is 0.0769. The Morgan fingerprint density at radius 2 is 1.33 bits per heavy atom. The number of hydrogen-bond donors (Lipinski definition) is 0. The third kappa shape index (κ3) is 3.70. The van der Waals surface area contributed by atoms with Crippen molar-refractivity contribution in [2.45, 2.75) is 20.9 Å². The molecule has 0 amide bonds. The van der Waals surface area contributed by atoms with Gasteiger partial charge in [0.25, 0.3) is 9.05 Å². The lowest BCUT2D eigenvalue weighted by atomic mass is 10.2. The molecule has 0 aromatic heterocycles. The molecular formula is C13H7ClF4O4S2. The summed E-state index contributed by atoms with van der Waals surface area (Å²) in [6.07, 6.45) is -5.05. The minimum atomic E-state index is -5.05. The van der Waals surface area contributed by atoms with Crippen molar-refractivity contribution in [1.29, 1.82) is 0 Å². The lowest BCUT2D eigenvalue weighted by Crippen LogP contribution is -2.12. The summed E-state index contributed by atoms with van der Waals surface area (Å²) in [5.74, 6) is -0.717. The van der Waals surface area contributed by atoms with E-state index in [9.17, 15) is 34.4 Å². The smallest absolute Gasteiger partial charge is 0.219 e. The molecule has 2 rings (SSSR count). The first-order chi connectivity index (χ1) is 10.8. The topological polar surface area (TPSA) is 68.3 Å². The first-order valence-electron chi connectivity index (χ1n) is 6.00. The molecule has 4 nitrogen and oxygen atoms in total. The van der Waals surface area contributed by atoms with Crippen molar-refractivity contribution in [3.8, 4) is 0 Å². The first kappa shape index (κ1) is 18.7. The molecule has 0 spiro atoms. The Bertz CT molecular complexity index is 982. The SMILES string of the molecule is O=S(=O)(Cl)c1cc(S(=O)(=O)c2ccc(F)cc2)ccc1C(F)(F)F. The van der Waals surface area contributed by atoms with Crippen LogP contribution in [0.25, 0.3) is 0 Å². The minimum absolute atomic E-state index is 0.311. The van der Waals surface area contributed by atoms with Crippen LogP contribution in [0.15, 0.2) is 57.2 Å². The van der Waals surface area contributed by atoms with Crippen LogP contribution in [-0.2, 0) is 25.1 Å². The maximum Gasteiger partial charge on any atom is 0.417 e. The van der Waals surface area contributed by atoms with Crippen molar-refractivity contribution in [1.82, 2.24) is 0 Å². The Kier molecular flexibility index (Phi) is 4.68. The van der Waals surface area contributed by atoms with Crippen LogP contribution in [0.1, 0.15) is 5.56 Å². The van der Waals surface area contributed by atoms with E-state index in [1.165, 1.54) is 0 Å². The molecule has 0 atom stereocenters.